The molecule has 0 saturated carbocycles. The monoisotopic (exact) mass is 287 g/mol. The molecule has 2 atom stereocenters. The average Bonchev–Trinajstić information content (AvgIpc) is 2.93. The lowest BCUT2D eigenvalue weighted by molar-refractivity contribution is -0.118. The third kappa shape index (κ3) is 4.16. The Kier molecular flexibility index (Phi) is 5.53. The summed E-state index contributed by atoms with van der Waals surface area (Å²) < 4.78 is 0. The van der Waals surface area contributed by atoms with Crippen LogP contribution in [0.1, 0.15) is 25.8 Å². The van der Waals surface area contributed by atoms with Gasteiger partial charge < -0.3 is 11.1 Å². The highest BCUT2D eigenvalue weighted by atomic mass is 16.1. The quantitative estimate of drug-likeness (QED) is 0.790. The number of nitrogens with one attached hydrogen (secondary N) is 1. The van der Waals surface area contributed by atoms with Gasteiger partial charge in [-0.3, -0.25) is 9.69 Å². The highest BCUT2D eigenvalue weighted by Crippen LogP contribution is 2.22. The van der Waals surface area contributed by atoms with Crippen LogP contribution in [0.2, 0.25) is 0 Å². The zero-order valence-electron chi connectivity index (χ0n) is 12.9. The van der Waals surface area contributed by atoms with Crippen LogP contribution in [-0.4, -0.2) is 29.9 Å². The van der Waals surface area contributed by atoms with Crippen LogP contribution >= 0.6 is 0 Å². The van der Waals surface area contributed by atoms with Gasteiger partial charge in [-0.2, -0.15) is 0 Å². The van der Waals surface area contributed by atoms with Gasteiger partial charge in [0.1, 0.15) is 0 Å². The van der Waals surface area contributed by atoms with Gasteiger partial charge in [0.05, 0.1) is 5.92 Å². The zero-order valence-corrected chi connectivity index (χ0v) is 12.9. The van der Waals surface area contributed by atoms with Crippen LogP contribution in [-0.2, 0) is 11.3 Å². The molecule has 0 heterocycles. The summed E-state index contributed by atoms with van der Waals surface area (Å²) in [6.45, 7) is 7.15. The predicted octanol–water partition coefficient (Wildman–Crippen LogP) is 2.37. The van der Waals surface area contributed by atoms with E-state index in [0.717, 1.165) is 30.9 Å². The van der Waals surface area contributed by atoms with E-state index in [9.17, 15) is 4.79 Å². The van der Waals surface area contributed by atoms with Crippen molar-refractivity contribution < 1.29 is 4.79 Å². The molecule has 2 rings (SSSR count). The van der Waals surface area contributed by atoms with Crippen molar-refractivity contribution in [3.63, 3.8) is 0 Å². The van der Waals surface area contributed by atoms with Crippen LogP contribution in [0.15, 0.2) is 36.4 Å². The first-order valence-corrected chi connectivity index (χ1v) is 7.69. The summed E-state index contributed by atoms with van der Waals surface area (Å²) >= 11 is 0. The van der Waals surface area contributed by atoms with Gasteiger partial charge in [0, 0.05) is 18.3 Å². The molecule has 4 nitrogen and oxygen atoms in total. The minimum Gasteiger partial charge on any atom is -0.325 e. The number of nitrogens with zero attached hydrogens (tertiary/aromatic N) is 1. The van der Waals surface area contributed by atoms with Crippen molar-refractivity contribution in [2.75, 3.05) is 18.4 Å². The van der Waals surface area contributed by atoms with E-state index in [1.54, 1.807) is 0 Å². The summed E-state index contributed by atoms with van der Waals surface area (Å²) in [5.74, 6) is -0.0762. The van der Waals surface area contributed by atoms with Crippen molar-refractivity contribution in [3.05, 3.63) is 42.0 Å². The first kappa shape index (κ1) is 15.7. The third-order valence-corrected chi connectivity index (χ3v) is 4.02. The standard InChI is InChI=1S/C17H25N3O/c1-3-20(4-2)12-14-7-5-6-8-16(14)19-17(21)13-9-10-15(18)11-13/h5-10,13,15H,3-4,11-12,18H2,1-2H3,(H,19,21). The van der Waals surface area contributed by atoms with Crippen molar-refractivity contribution in [2.24, 2.45) is 11.7 Å². The molecule has 1 aliphatic carbocycles. The maximum atomic E-state index is 12.3. The van der Waals surface area contributed by atoms with Crippen LogP contribution in [0, 0.1) is 5.92 Å². The second kappa shape index (κ2) is 7.38. The number of rotatable bonds is 6. The Hall–Kier alpha value is -1.65. The van der Waals surface area contributed by atoms with E-state index < -0.39 is 0 Å². The molecule has 4 heteroatoms. The minimum absolute atomic E-state index is 0.00617. The fourth-order valence-corrected chi connectivity index (χ4v) is 2.62. The van der Waals surface area contributed by atoms with Gasteiger partial charge in [-0.15, -0.1) is 0 Å². The summed E-state index contributed by atoms with van der Waals surface area (Å²) in [7, 11) is 0. The Morgan fingerprint density at radius 3 is 2.62 bits per heavy atom. The summed E-state index contributed by atoms with van der Waals surface area (Å²) in [4.78, 5) is 14.6. The Labute approximate surface area is 127 Å². The van der Waals surface area contributed by atoms with E-state index in [4.69, 9.17) is 5.73 Å². The fourth-order valence-electron chi connectivity index (χ4n) is 2.62. The van der Waals surface area contributed by atoms with Gasteiger partial charge >= 0.3 is 0 Å². The summed E-state index contributed by atoms with van der Waals surface area (Å²) in [5.41, 5.74) is 7.87. The topological polar surface area (TPSA) is 58.4 Å². The lowest BCUT2D eigenvalue weighted by Crippen LogP contribution is -2.26. The van der Waals surface area contributed by atoms with E-state index in [-0.39, 0.29) is 17.9 Å². The van der Waals surface area contributed by atoms with Crippen LogP contribution < -0.4 is 11.1 Å². The van der Waals surface area contributed by atoms with E-state index in [1.165, 1.54) is 0 Å². The number of para-hydroxylation sites is 1. The highest BCUT2D eigenvalue weighted by Gasteiger charge is 2.23. The third-order valence-electron chi connectivity index (χ3n) is 4.02. The van der Waals surface area contributed by atoms with Gasteiger partial charge in [0.15, 0.2) is 0 Å². The van der Waals surface area contributed by atoms with Crippen molar-refractivity contribution >= 4 is 11.6 Å². The number of benzene rings is 1. The molecule has 1 amide bonds. The Morgan fingerprint density at radius 2 is 2.00 bits per heavy atom. The number of amides is 1. The number of nitrogens with two attached hydrogens (primary N) is 1. The molecule has 114 valence electrons. The smallest absolute Gasteiger partial charge is 0.231 e. The maximum Gasteiger partial charge on any atom is 0.231 e. The average molecular weight is 287 g/mol. The molecule has 0 radical (unpaired) electrons. The second-order valence-corrected chi connectivity index (χ2v) is 5.50. The summed E-state index contributed by atoms with van der Waals surface area (Å²) in [6, 6.07) is 8.02. The summed E-state index contributed by atoms with van der Waals surface area (Å²) in [6.07, 6.45) is 4.52. The van der Waals surface area contributed by atoms with Gasteiger partial charge in [-0.05, 0) is 31.1 Å². The molecule has 0 aliphatic heterocycles. The van der Waals surface area contributed by atoms with Crippen molar-refractivity contribution in [3.8, 4) is 0 Å². The highest BCUT2D eigenvalue weighted by molar-refractivity contribution is 5.94. The lowest BCUT2D eigenvalue weighted by atomic mass is 10.1. The van der Waals surface area contributed by atoms with Crippen LogP contribution in [0.4, 0.5) is 5.69 Å². The number of carbonyl (C=O) groups excluding carboxylic acids is 1. The number of anilines is 1. The second-order valence-electron chi connectivity index (χ2n) is 5.50. The van der Waals surface area contributed by atoms with Crippen LogP contribution in [0.25, 0.3) is 0 Å². The van der Waals surface area contributed by atoms with E-state index >= 15 is 0 Å². The van der Waals surface area contributed by atoms with Crippen molar-refractivity contribution in [2.45, 2.75) is 32.9 Å². The molecule has 3 N–H and O–H groups in total. The number of hydrogen-bond acceptors (Lipinski definition) is 3. The Balaban J connectivity index is 2.06. The zero-order chi connectivity index (χ0) is 15.2. The minimum atomic E-state index is -0.110. The molecule has 0 fully saturated rings. The molecule has 2 unspecified atom stereocenters. The number of hydrogen-bond donors (Lipinski definition) is 2. The van der Waals surface area contributed by atoms with E-state index in [0.29, 0.717) is 6.42 Å². The van der Waals surface area contributed by atoms with Gasteiger partial charge in [0.2, 0.25) is 5.91 Å². The fraction of sp³-hybridized carbons (Fsp3) is 0.471. The molecule has 1 aromatic rings. The van der Waals surface area contributed by atoms with E-state index in [1.807, 2.05) is 30.4 Å². The van der Waals surface area contributed by atoms with Crippen LogP contribution in [0.3, 0.4) is 0 Å². The number of carbonyl (C=O) groups is 1. The first-order valence-electron chi connectivity index (χ1n) is 7.69. The molecule has 0 aromatic heterocycles. The van der Waals surface area contributed by atoms with Gasteiger partial charge in [0.25, 0.3) is 0 Å². The summed E-state index contributed by atoms with van der Waals surface area (Å²) in [5, 5.41) is 3.05. The molecule has 21 heavy (non-hydrogen) atoms. The molecular formula is C17H25N3O. The van der Waals surface area contributed by atoms with Crippen molar-refractivity contribution in [1.29, 1.82) is 0 Å². The normalized spacial score (nSPS) is 21.0. The maximum absolute atomic E-state index is 12.3. The predicted molar refractivity (Wildman–Crippen MR) is 86.9 cm³/mol. The Bertz CT molecular complexity index is 509. The SMILES string of the molecule is CCN(CC)Cc1ccccc1NC(=O)C1C=CC(N)C1. The van der Waals surface area contributed by atoms with E-state index in [2.05, 4.69) is 30.1 Å². The first-order chi connectivity index (χ1) is 10.1. The lowest BCUT2D eigenvalue weighted by Gasteiger charge is -2.21. The molecule has 0 saturated heterocycles. The van der Waals surface area contributed by atoms with Gasteiger partial charge in [-0.25, -0.2) is 0 Å². The van der Waals surface area contributed by atoms with Crippen molar-refractivity contribution in [1.82, 2.24) is 4.90 Å². The molecule has 0 bridgehead atoms. The largest absolute Gasteiger partial charge is 0.325 e. The molecule has 1 aromatic carbocycles. The Morgan fingerprint density at radius 1 is 1.29 bits per heavy atom. The van der Waals surface area contributed by atoms with Gasteiger partial charge in [-0.1, -0.05) is 44.2 Å². The molecular weight excluding hydrogens is 262 g/mol. The molecule has 0 spiro atoms. The van der Waals surface area contributed by atoms with Crippen LogP contribution in [0.5, 0.6) is 0 Å². The molecule has 1 aliphatic rings.